The van der Waals surface area contributed by atoms with Crippen molar-refractivity contribution >= 4 is 23.7 Å². The number of nitrogens with zero attached hydrogens (tertiary/aromatic N) is 2. The van der Waals surface area contributed by atoms with Gasteiger partial charge in [0.15, 0.2) is 6.61 Å². The van der Waals surface area contributed by atoms with Gasteiger partial charge in [0.25, 0.3) is 5.91 Å². The molecule has 0 unspecified atom stereocenters. The highest BCUT2D eigenvalue weighted by Gasteiger charge is 2.47. The number of ether oxygens (including phenoxy) is 1. The van der Waals surface area contributed by atoms with Crippen LogP contribution in [0.2, 0.25) is 0 Å². The van der Waals surface area contributed by atoms with E-state index in [0.717, 1.165) is 22.0 Å². The number of nitrogens with one attached hydrogen (secondary N) is 1. The number of furan rings is 1. The predicted octanol–water partition coefficient (Wildman–Crippen LogP) is 2.19. The molecule has 0 saturated carbocycles. The van der Waals surface area contributed by atoms with Crippen LogP contribution in [0, 0.1) is 13.8 Å². The number of urea groups is 1. The summed E-state index contributed by atoms with van der Waals surface area (Å²) in [6.07, 6.45) is 1.98. The average molecular weight is 415 g/mol. The van der Waals surface area contributed by atoms with Gasteiger partial charge >= 0.3 is 12.0 Å². The molecule has 9 nitrogen and oxygen atoms in total. The normalized spacial score (nSPS) is 18.6. The van der Waals surface area contributed by atoms with Gasteiger partial charge in [0.2, 0.25) is 5.78 Å². The Morgan fingerprint density at radius 3 is 2.60 bits per heavy atom. The molecule has 0 bridgehead atoms. The molecule has 1 N–H and O–H groups in total. The minimum atomic E-state index is -1.03. The fourth-order valence-corrected chi connectivity index (χ4v) is 3.41. The minimum Gasteiger partial charge on any atom is -0.467 e. The largest absolute Gasteiger partial charge is 0.467 e. The summed E-state index contributed by atoms with van der Waals surface area (Å²) in [5.74, 6) is -0.913. The van der Waals surface area contributed by atoms with Crippen molar-refractivity contribution in [3.05, 3.63) is 47.2 Å². The summed E-state index contributed by atoms with van der Waals surface area (Å²) in [5.41, 5.74) is 1.02. The molecule has 1 fully saturated rings. The lowest BCUT2D eigenvalue weighted by Gasteiger charge is -2.18. The molecule has 1 aliphatic heterocycles. The number of aromatic nitrogens is 1. The molecule has 1 saturated heterocycles. The first-order valence-electron chi connectivity index (χ1n) is 9.68. The number of hydrogen-bond donors (Lipinski definition) is 1. The summed E-state index contributed by atoms with van der Waals surface area (Å²) in [7, 11) is 0. The number of hydrogen-bond acceptors (Lipinski definition) is 6. The van der Waals surface area contributed by atoms with Crippen molar-refractivity contribution in [1.82, 2.24) is 14.8 Å². The minimum absolute atomic E-state index is 0.363. The second kappa shape index (κ2) is 8.17. The van der Waals surface area contributed by atoms with E-state index >= 15 is 0 Å². The molecule has 9 heteroatoms. The topological polar surface area (TPSA) is 111 Å². The van der Waals surface area contributed by atoms with Crippen molar-refractivity contribution in [1.29, 1.82) is 0 Å². The van der Waals surface area contributed by atoms with Crippen LogP contribution in [0.4, 0.5) is 4.79 Å². The molecular weight excluding hydrogens is 390 g/mol. The zero-order chi connectivity index (χ0) is 22.1. The van der Waals surface area contributed by atoms with Gasteiger partial charge in [-0.1, -0.05) is 6.92 Å². The number of aryl methyl sites for hydroxylation is 1. The lowest BCUT2D eigenvalue weighted by Crippen LogP contribution is -2.43. The molecule has 0 spiro atoms. The highest BCUT2D eigenvalue weighted by atomic mass is 16.5. The first kappa shape index (κ1) is 21.4. The van der Waals surface area contributed by atoms with Gasteiger partial charge in [-0.05, 0) is 45.4 Å². The molecule has 2 aromatic heterocycles. The summed E-state index contributed by atoms with van der Waals surface area (Å²) in [5, 5.41) is 2.56. The van der Waals surface area contributed by atoms with E-state index in [1.807, 2.05) is 24.5 Å². The molecule has 1 aliphatic rings. The zero-order valence-electron chi connectivity index (χ0n) is 17.5. The molecule has 2 aromatic rings. The van der Waals surface area contributed by atoms with E-state index in [9.17, 15) is 19.2 Å². The monoisotopic (exact) mass is 415 g/mol. The van der Waals surface area contributed by atoms with E-state index in [1.54, 1.807) is 32.2 Å². The maximum absolute atomic E-state index is 12.6. The Kier molecular flexibility index (Phi) is 5.82. The first-order chi connectivity index (χ1) is 14.2. The summed E-state index contributed by atoms with van der Waals surface area (Å²) < 4.78 is 12.3. The van der Waals surface area contributed by atoms with Gasteiger partial charge in [0.05, 0.1) is 12.8 Å². The van der Waals surface area contributed by atoms with Crippen LogP contribution in [0.25, 0.3) is 0 Å². The third kappa shape index (κ3) is 4.00. The molecule has 0 aromatic carbocycles. The Morgan fingerprint density at radius 2 is 2.00 bits per heavy atom. The smallest absolute Gasteiger partial charge is 0.326 e. The maximum Gasteiger partial charge on any atom is 0.326 e. The fourth-order valence-electron chi connectivity index (χ4n) is 3.41. The van der Waals surface area contributed by atoms with Crippen LogP contribution in [0.15, 0.2) is 28.9 Å². The Labute approximate surface area is 174 Å². The van der Waals surface area contributed by atoms with Gasteiger partial charge in [-0.25, -0.2) is 4.79 Å². The van der Waals surface area contributed by atoms with Gasteiger partial charge in [-0.2, -0.15) is 0 Å². The molecular formula is C21H25N3O6. The van der Waals surface area contributed by atoms with Crippen molar-refractivity contribution in [2.24, 2.45) is 0 Å². The van der Waals surface area contributed by atoms with Gasteiger partial charge in [-0.15, -0.1) is 0 Å². The lowest BCUT2D eigenvalue weighted by molar-refractivity contribution is -0.146. The van der Waals surface area contributed by atoms with E-state index in [4.69, 9.17) is 9.15 Å². The van der Waals surface area contributed by atoms with Crippen molar-refractivity contribution in [2.45, 2.75) is 46.2 Å². The van der Waals surface area contributed by atoms with Crippen LogP contribution in [0.3, 0.4) is 0 Å². The first-order valence-corrected chi connectivity index (χ1v) is 9.68. The number of esters is 1. The van der Waals surface area contributed by atoms with Gasteiger partial charge in [0, 0.05) is 17.0 Å². The summed E-state index contributed by atoms with van der Waals surface area (Å²) in [6.45, 7) is 6.52. The van der Waals surface area contributed by atoms with Crippen molar-refractivity contribution in [3.8, 4) is 0 Å². The molecule has 3 rings (SSSR count). The van der Waals surface area contributed by atoms with E-state index in [-0.39, 0.29) is 5.78 Å². The standard InChI is InChI=1S/C21H25N3O6/c1-5-21(4)19(27)24(20(28)22-21)11-18(26)30-12-17(25)16-9-13(2)23(14(16)3)10-15-7-6-8-29-15/h6-9H,5,10-12H2,1-4H3,(H,22,28)/t21-/m1/s1. The second-order valence-electron chi connectivity index (χ2n) is 7.54. The molecule has 3 heterocycles. The number of imide groups is 1. The summed E-state index contributed by atoms with van der Waals surface area (Å²) >= 11 is 0. The van der Waals surface area contributed by atoms with Crippen LogP contribution in [-0.2, 0) is 20.9 Å². The Bertz CT molecular complexity index is 991. The number of rotatable bonds is 8. The molecule has 160 valence electrons. The maximum atomic E-state index is 12.6. The van der Waals surface area contributed by atoms with Crippen LogP contribution >= 0.6 is 0 Å². The molecule has 0 radical (unpaired) electrons. The van der Waals surface area contributed by atoms with E-state index in [2.05, 4.69) is 5.32 Å². The van der Waals surface area contributed by atoms with Crippen LogP contribution < -0.4 is 5.32 Å². The SMILES string of the molecule is CC[C@@]1(C)NC(=O)N(CC(=O)OCC(=O)c2cc(C)n(Cc3ccco3)c2C)C1=O. The highest BCUT2D eigenvalue weighted by molar-refractivity contribution is 6.08. The number of amides is 3. The van der Waals surface area contributed by atoms with Crippen molar-refractivity contribution in [3.63, 3.8) is 0 Å². The number of ketones is 1. The number of carbonyl (C=O) groups is 4. The Morgan fingerprint density at radius 1 is 1.27 bits per heavy atom. The second-order valence-corrected chi connectivity index (χ2v) is 7.54. The highest BCUT2D eigenvalue weighted by Crippen LogP contribution is 2.21. The quantitative estimate of drug-likeness (QED) is 0.402. The molecule has 30 heavy (non-hydrogen) atoms. The molecule has 0 aliphatic carbocycles. The van der Waals surface area contributed by atoms with Gasteiger partial charge < -0.3 is 19.0 Å². The van der Waals surface area contributed by atoms with Crippen LogP contribution in [0.5, 0.6) is 0 Å². The molecule has 1 atom stereocenters. The summed E-state index contributed by atoms with van der Waals surface area (Å²) in [4.78, 5) is 49.8. The lowest BCUT2D eigenvalue weighted by atomic mass is 9.99. The third-order valence-corrected chi connectivity index (χ3v) is 5.47. The zero-order valence-corrected chi connectivity index (χ0v) is 17.5. The molecule has 3 amide bonds. The number of carbonyl (C=O) groups excluding carboxylic acids is 4. The van der Waals surface area contributed by atoms with E-state index in [0.29, 0.717) is 18.5 Å². The number of Topliss-reactive ketones (excluding diaryl/α,β-unsaturated/α-hetero) is 1. The summed E-state index contributed by atoms with van der Waals surface area (Å²) in [6, 6.07) is 4.73. The Hall–Kier alpha value is -3.36. The Balaban J connectivity index is 1.60. The van der Waals surface area contributed by atoms with Gasteiger partial charge in [0.1, 0.15) is 17.8 Å². The van der Waals surface area contributed by atoms with Crippen molar-refractivity contribution < 1.29 is 28.3 Å². The van der Waals surface area contributed by atoms with E-state index in [1.165, 1.54) is 0 Å². The predicted molar refractivity (Wildman–Crippen MR) is 106 cm³/mol. The van der Waals surface area contributed by atoms with Gasteiger partial charge in [-0.3, -0.25) is 19.3 Å². The van der Waals surface area contributed by atoms with Crippen LogP contribution in [0.1, 0.15) is 47.8 Å². The van der Waals surface area contributed by atoms with E-state index < -0.39 is 36.6 Å². The third-order valence-electron chi connectivity index (χ3n) is 5.47. The van der Waals surface area contributed by atoms with Crippen LogP contribution in [-0.4, -0.2) is 51.8 Å². The average Bonchev–Trinajstić information content (AvgIpc) is 3.38. The fraction of sp³-hybridized carbons (Fsp3) is 0.429. The van der Waals surface area contributed by atoms with Crippen molar-refractivity contribution in [2.75, 3.05) is 13.2 Å².